The Morgan fingerprint density at radius 2 is 1.27 bits per heavy atom. The van der Waals surface area contributed by atoms with Crippen LogP contribution in [0.3, 0.4) is 0 Å². The Bertz CT molecular complexity index is 744. The number of hydrogen-bond acceptors (Lipinski definition) is 2. The molecule has 2 unspecified atom stereocenters. The molecule has 1 aliphatic carbocycles. The fourth-order valence-electron chi connectivity index (χ4n) is 3.25. The summed E-state index contributed by atoms with van der Waals surface area (Å²) in [6.07, 6.45) is 3.45. The molecule has 26 heavy (non-hydrogen) atoms. The SMILES string of the molecule is O=C(NC1CCCC(NC(=O)c2cccc(Cl)c2)C1)c1cccc(Cl)c1. The Morgan fingerprint density at radius 3 is 1.69 bits per heavy atom. The Hall–Kier alpha value is -2.04. The summed E-state index contributed by atoms with van der Waals surface area (Å²) in [5, 5.41) is 7.16. The van der Waals surface area contributed by atoms with Crippen molar-refractivity contribution in [3.8, 4) is 0 Å². The zero-order chi connectivity index (χ0) is 18.5. The molecule has 0 saturated heterocycles. The topological polar surface area (TPSA) is 58.2 Å². The van der Waals surface area contributed by atoms with Crippen molar-refractivity contribution in [3.63, 3.8) is 0 Å². The van der Waals surface area contributed by atoms with Gasteiger partial charge in [-0.15, -0.1) is 0 Å². The van der Waals surface area contributed by atoms with E-state index in [1.54, 1.807) is 48.5 Å². The summed E-state index contributed by atoms with van der Waals surface area (Å²) < 4.78 is 0. The summed E-state index contributed by atoms with van der Waals surface area (Å²) in [6.45, 7) is 0. The first-order valence-electron chi connectivity index (χ1n) is 8.64. The summed E-state index contributed by atoms with van der Waals surface area (Å²) >= 11 is 11.9. The van der Waals surface area contributed by atoms with Crippen molar-refractivity contribution in [1.29, 1.82) is 0 Å². The largest absolute Gasteiger partial charge is 0.349 e. The molecule has 3 rings (SSSR count). The third kappa shape index (κ3) is 4.99. The molecule has 0 heterocycles. The number of hydrogen-bond donors (Lipinski definition) is 2. The summed E-state index contributed by atoms with van der Waals surface area (Å²) in [4.78, 5) is 24.8. The van der Waals surface area contributed by atoms with E-state index in [4.69, 9.17) is 23.2 Å². The Balaban J connectivity index is 1.57. The van der Waals surface area contributed by atoms with Crippen LogP contribution in [0.5, 0.6) is 0 Å². The van der Waals surface area contributed by atoms with Gasteiger partial charge in [0.15, 0.2) is 0 Å². The number of nitrogens with one attached hydrogen (secondary N) is 2. The van der Waals surface area contributed by atoms with Gasteiger partial charge in [0.1, 0.15) is 0 Å². The standard InChI is InChI=1S/C20H20Cl2N2O2/c21-15-6-1-4-13(10-15)19(25)23-17-8-3-9-18(12-17)24-20(26)14-5-2-7-16(22)11-14/h1-2,4-7,10-11,17-18H,3,8-9,12H2,(H,23,25)(H,24,26). The highest BCUT2D eigenvalue weighted by atomic mass is 35.5. The lowest BCUT2D eigenvalue weighted by Crippen LogP contribution is -2.45. The molecule has 0 radical (unpaired) electrons. The molecule has 1 aliphatic rings. The van der Waals surface area contributed by atoms with Gasteiger partial charge in [0, 0.05) is 33.3 Å². The van der Waals surface area contributed by atoms with Crippen molar-refractivity contribution in [3.05, 3.63) is 69.7 Å². The van der Waals surface area contributed by atoms with Gasteiger partial charge in [-0.25, -0.2) is 0 Å². The normalized spacial score (nSPS) is 19.6. The highest BCUT2D eigenvalue weighted by Crippen LogP contribution is 2.20. The molecule has 1 saturated carbocycles. The van der Waals surface area contributed by atoms with E-state index in [0.717, 1.165) is 19.3 Å². The number of amides is 2. The molecule has 2 atom stereocenters. The quantitative estimate of drug-likeness (QED) is 0.808. The molecule has 0 aromatic heterocycles. The van der Waals surface area contributed by atoms with Crippen molar-refractivity contribution < 1.29 is 9.59 Å². The molecule has 136 valence electrons. The van der Waals surface area contributed by atoms with Gasteiger partial charge in [-0.2, -0.15) is 0 Å². The summed E-state index contributed by atoms with van der Waals surface area (Å²) in [5.41, 5.74) is 1.09. The fraction of sp³-hybridized carbons (Fsp3) is 0.300. The lowest BCUT2D eigenvalue weighted by molar-refractivity contribution is 0.0903. The molecule has 0 bridgehead atoms. The van der Waals surface area contributed by atoms with Crippen LogP contribution >= 0.6 is 23.2 Å². The number of carbonyl (C=O) groups is 2. The average molecular weight is 391 g/mol. The maximum atomic E-state index is 12.4. The minimum absolute atomic E-state index is 0.0277. The maximum Gasteiger partial charge on any atom is 0.251 e. The molecule has 2 N–H and O–H groups in total. The van der Waals surface area contributed by atoms with Crippen molar-refractivity contribution >= 4 is 35.0 Å². The second kappa shape index (κ2) is 8.56. The van der Waals surface area contributed by atoms with Crippen LogP contribution in [0.4, 0.5) is 0 Å². The highest BCUT2D eigenvalue weighted by molar-refractivity contribution is 6.31. The van der Waals surface area contributed by atoms with Crippen molar-refractivity contribution in [1.82, 2.24) is 10.6 Å². The van der Waals surface area contributed by atoms with Crippen molar-refractivity contribution in [2.24, 2.45) is 0 Å². The van der Waals surface area contributed by atoms with Gasteiger partial charge in [0.2, 0.25) is 0 Å². The van der Waals surface area contributed by atoms with Crippen LogP contribution in [0.25, 0.3) is 0 Å². The summed E-state index contributed by atoms with van der Waals surface area (Å²) in [7, 11) is 0. The van der Waals surface area contributed by atoms with E-state index in [1.165, 1.54) is 0 Å². The number of rotatable bonds is 4. The van der Waals surface area contributed by atoms with E-state index in [-0.39, 0.29) is 23.9 Å². The third-order valence-electron chi connectivity index (χ3n) is 4.52. The maximum absolute atomic E-state index is 12.4. The Kier molecular flexibility index (Phi) is 6.17. The van der Waals surface area contributed by atoms with Gasteiger partial charge in [-0.05, 0) is 62.1 Å². The number of halogens is 2. The molecule has 1 fully saturated rings. The van der Waals surface area contributed by atoms with Crippen LogP contribution in [-0.2, 0) is 0 Å². The second-order valence-corrected chi connectivity index (χ2v) is 7.40. The molecule has 2 aromatic carbocycles. The minimum atomic E-state index is -0.140. The first kappa shape index (κ1) is 18.7. The average Bonchev–Trinajstić information content (AvgIpc) is 2.62. The van der Waals surface area contributed by atoms with Gasteiger partial charge in [0.25, 0.3) is 11.8 Å². The monoisotopic (exact) mass is 390 g/mol. The van der Waals surface area contributed by atoms with Crippen LogP contribution in [0.15, 0.2) is 48.5 Å². The molecule has 4 nitrogen and oxygen atoms in total. The Morgan fingerprint density at radius 1 is 0.808 bits per heavy atom. The molecule has 0 spiro atoms. The Labute approximate surface area is 162 Å². The molecular formula is C20H20Cl2N2O2. The van der Waals surface area contributed by atoms with Crippen LogP contribution in [0.1, 0.15) is 46.4 Å². The van der Waals surface area contributed by atoms with Crippen LogP contribution < -0.4 is 10.6 Å². The fourth-order valence-corrected chi connectivity index (χ4v) is 3.63. The van der Waals surface area contributed by atoms with Gasteiger partial charge >= 0.3 is 0 Å². The zero-order valence-corrected chi connectivity index (χ0v) is 15.7. The van der Waals surface area contributed by atoms with E-state index in [9.17, 15) is 9.59 Å². The molecule has 2 aromatic rings. The predicted molar refractivity (Wildman–Crippen MR) is 104 cm³/mol. The molecule has 0 aliphatic heterocycles. The predicted octanol–water partition coefficient (Wildman–Crippen LogP) is 4.46. The highest BCUT2D eigenvalue weighted by Gasteiger charge is 2.25. The molecule has 2 amide bonds. The van der Waals surface area contributed by atoms with Crippen LogP contribution in [0.2, 0.25) is 10.0 Å². The summed E-state index contributed by atoms with van der Waals surface area (Å²) in [6, 6.07) is 13.8. The minimum Gasteiger partial charge on any atom is -0.349 e. The first-order valence-corrected chi connectivity index (χ1v) is 9.40. The lowest BCUT2D eigenvalue weighted by Gasteiger charge is -2.30. The van der Waals surface area contributed by atoms with E-state index in [2.05, 4.69) is 10.6 Å². The smallest absolute Gasteiger partial charge is 0.251 e. The third-order valence-corrected chi connectivity index (χ3v) is 4.99. The lowest BCUT2D eigenvalue weighted by atomic mass is 9.90. The molecule has 6 heteroatoms. The van der Waals surface area contributed by atoms with E-state index >= 15 is 0 Å². The summed E-state index contributed by atoms with van der Waals surface area (Å²) in [5.74, 6) is -0.279. The number of carbonyl (C=O) groups excluding carboxylic acids is 2. The molecular weight excluding hydrogens is 371 g/mol. The van der Waals surface area contributed by atoms with Crippen LogP contribution in [-0.4, -0.2) is 23.9 Å². The first-order chi connectivity index (χ1) is 12.5. The van der Waals surface area contributed by atoms with Gasteiger partial charge in [-0.1, -0.05) is 35.3 Å². The van der Waals surface area contributed by atoms with Crippen molar-refractivity contribution in [2.45, 2.75) is 37.8 Å². The van der Waals surface area contributed by atoms with Gasteiger partial charge < -0.3 is 10.6 Å². The van der Waals surface area contributed by atoms with E-state index in [0.29, 0.717) is 27.6 Å². The second-order valence-electron chi connectivity index (χ2n) is 6.53. The van der Waals surface area contributed by atoms with Gasteiger partial charge in [0.05, 0.1) is 0 Å². The van der Waals surface area contributed by atoms with E-state index in [1.807, 2.05) is 0 Å². The zero-order valence-electron chi connectivity index (χ0n) is 14.2. The van der Waals surface area contributed by atoms with Gasteiger partial charge in [-0.3, -0.25) is 9.59 Å². The number of benzene rings is 2. The van der Waals surface area contributed by atoms with E-state index < -0.39 is 0 Å². The van der Waals surface area contributed by atoms with Crippen LogP contribution in [0, 0.1) is 0 Å². The van der Waals surface area contributed by atoms with Crippen molar-refractivity contribution in [2.75, 3.05) is 0 Å².